The Kier molecular flexibility index (Phi) is 4.68. The van der Waals surface area contributed by atoms with E-state index in [1.807, 2.05) is 0 Å². The molecule has 0 unspecified atom stereocenters. The number of carbonyl (C=O) groups excluding carboxylic acids is 2. The van der Waals surface area contributed by atoms with Gasteiger partial charge in [-0.1, -0.05) is 30.1 Å². The number of aryl methyl sites for hydroxylation is 1. The van der Waals surface area contributed by atoms with E-state index in [-0.39, 0.29) is 21.7 Å². The van der Waals surface area contributed by atoms with Crippen LogP contribution in [0, 0.1) is 0 Å². The minimum absolute atomic E-state index is 0.181. The first-order valence-corrected chi connectivity index (χ1v) is 7.16. The fraction of sp³-hybridized carbons (Fsp3) is 0.133. The molecule has 0 aliphatic carbocycles. The number of primary amides is 1. The molecule has 1 heterocycles. The summed E-state index contributed by atoms with van der Waals surface area (Å²) in [4.78, 5) is 38.2. The molecule has 2 rings (SSSR count). The van der Waals surface area contributed by atoms with Crippen molar-refractivity contribution < 1.29 is 9.59 Å². The number of nitrogens with one attached hydrogen (secondary N) is 1. The summed E-state index contributed by atoms with van der Waals surface area (Å²) in [7, 11) is 0. The summed E-state index contributed by atoms with van der Waals surface area (Å²) >= 11 is 11.8. The average molecular weight is 339 g/mol. The molecule has 0 radical (unpaired) electrons. The van der Waals surface area contributed by atoms with Crippen molar-refractivity contribution in [2.45, 2.75) is 13.3 Å². The molecule has 0 spiro atoms. The maximum Gasteiger partial charge on any atom is 0.261 e. The fourth-order valence-electron chi connectivity index (χ4n) is 2.05. The second-order valence-electron chi connectivity index (χ2n) is 4.58. The van der Waals surface area contributed by atoms with Crippen molar-refractivity contribution in [1.29, 1.82) is 0 Å². The maximum absolute atomic E-state index is 12.6. The molecule has 0 atom stereocenters. The van der Waals surface area contributed by atoms with Crippen molar-refractivity contribution in [2.24, 2.45) is 5.73 Å². The zero-order valence-electron chi connectivity index (χ0n) is 11.6. The Morgan fingerprint density at radius 1 is 1.14 bits per heavy atom. The van der Waals surface area contributed by atoms with Gasteiger partial charge in [-0.3, -0.25) is 14.4 Å². The summed E-state index contributed by atoms with van der Waals surface area (Å²) < 4.78 is 0. The van der Waals surface area contributed by atoms with Crippen LogP contribution in [0.5, 0.6) is 0 Å². The largest absolute Gasteiger partial charge is 0.365 e. The van der Waals surface area contributed by atoms with Crippen molar-refractivity contribution >= 4 is 34.9 Å². The molecule has 0 fully saturated rings. The van der Waals surface area contributed by atoms with Gasteiger partial charge in [0.05, 0.1) is 5.02 Å². The number of halogens is 2. The van der Waals surface area contributed by atoms with Crippen LogP contribution in [0.2, 0.25) is 10.0 Å². The van der Waals surface area contributed by atoms with Crippen LogP contribution in [-0.4, -0.2) is 16.7 Å². The molecule has 22 heavy (non-hydrogen) atoms. The van der Waals surface area contributed by atoms with Crippen LogP contribution >= 0.6 is 23.2 Å². The Labute approximate surface area is 136 Å². The number of H-pyrrole nitrogens is 1. The number of ketones is 1. The van der Waals surface area contributed by atoms with Gasteiger partial charge in [-0.15, -0.1) is 0 Å². The molecule has 114 valence electrons. The predicted molar refractivity (Wildman–Crippen MR) is 84.9 cm³/mol. The van der Waals surface area contributed by atoms with E-state index in [2.05, 4.69) is 4.98 Å². The van der Waals surface area contributed by atoms with E-state index in [4.69, 9.17) is 28.9 Å². The normalized spacial score (nSPS) is 10.5. The molecule has 1 amide bonds. The lowest BCUT2D eigenvalue weighted by Gasteiger charge is -2.09. The predicted octanol–water partition coefficient (Wildman–Crippen LogP) is 2.57. The van der Waals surface area contributed by atoms with Crippen LogP contribution in [0.1, 0.15) is 38.9 Å². The Morgan fingerprint density at radius 2 is 1.82 bits per heavy atom. The fourth-order valence-corrected chi connectivity index (χ4v) is 2.55. The van der Waals surface area contributed by atoms with Crippen molar-refractivity contribution in [3.05, 3.63) is 67.0 Å². The van der Waals surface area contributed by atoms with Gasteiger partial charge in [0.2, 0.25) is 0 Å². The number of hydrogen-bond donors (Lipinski definition) is 2. The number of pyridine rings is 1. The molecule has 0 saturated carbocycles. The molecule has 2 aromatic rings. The zero-order chi connectivity index (χ0) is 16.4. The SMILES string of the molecule is CCc1[nH]c(=O)c(C(N)=O)cc1C(=O)c1ccc(Cl)cc1Cl. The van der Waals surface area contributed by atoms with Crippen molar-refractivity contribution in [1.82, 2.24) is 4.98 Å². The van der Waals surface area contributed by atoms with Crippen LogP contribution < -0.4 is 11.3 Å². The highest BCUT2D eigenvalue weighted by Crippen LogP contribution is 2.24. The molecule has 5 nitrogen and oxygen atoms in total. The summed E-state index contributed by atoms with van der Waals surface area (Å²) in [5.74, 6) is -1.32. The van der Waals surface area contributed by atoms with Crippen LogP contribution in [-0.2, 0) is 6.42 Å². The quantitative estimate of drug-likeness (QED) is 0.839. The van der Waals surface area contributed by atoms with Crippen molar-refractivity contribution in [3.63, 3.8) is 0 Å². The third-order valence-electron chi connectivity index (χ3n) is 3.16. The molecule has 0 bridgehead atoms. The molecule has 7 heteroatoms. The topological polar surface area (TPSA) is 93.0 Å². The van der Waals surface area contributed by atoms with Gasteiger partial charge in [0.15, 0.2) is 5.78 Å². The van der Waals surface area contributed by atoms with E-state index in [1.54, 1.807) is 6.92 Å². The summed E-state index contributed by atoms with van der Waals surface area (Å²) in [5.41, 5.74) is 5.07. The van der Waals surface area contributed by atoms with Gasteiger partial charge in [0.25, 0.3) is 11.5 Å². The third kappa shape index (κ3) is 3.05. The number of carbonyl (C=O) groups is 2. The van der Waals surface area contributed by atoms with Crippen LogP contribution in [0.25, 0.3) is 0 Å². The van der Waals surface area contributed by atoms with E-state index in [9.17, 15) is 14.4 Å². The highest BCUT2D eigenvalue weighted by atomic mass is 35.5. The number of rotatable bonds is 4. The maximum atomic E-state index is 12.6. The van der Waals surface area contributed by atoms with E-state index < -0.39 is 17.2 Å². The molecular weight excluding hydrogens is 327 g/mol. The highest BCUT2D eigenvalue weighted by Gasteiger charge is 2.20. The molecule has 0 aliphatic heterocycles. The molecule has 0 aliphatic rings. The first-order chi connectivity index (χ1) is 10.3. The molecule has 1 aromatic carbocycles. The van der Waals surface area contributed by atoms with E-state index in [0.717, 1.165) is 0 Å². The number of aromatic amines is 1. The van der Waals surface area contributed by atoms with Gasteiger partial charge in [-0.25, -0.2) is 0 Å². The number of aromatic nitrogens is 1. The molecule has 0 saturated heterocycles. The highest BCUT2D eigenvalue weighted by molar-refractivity contribution is 6.37. The zero-order valence-corrected chi connectivity index (χ0v) is 13.1. The van der Waals surface area contributed by atoms with Gasteiger partial charge in [-0.05, 0) is 30.7 Å². The lowest BCUT2D eigenvalue weighted by Crippen LogP contribution is -2.26. The summed E-state index contributed by atoms with van der Waals surface area (Å²) in [6.07, 6.45) is 0.403. The second-order valence-corrected chi connectivity index (χ2v) is 5.42. The molecular formula is C15H12Cl2N2O3. The number of hydrogen-bond acceptors (Lipinski definition) is 3. The van der Waals surface area contributed by atoms with Crippen LogP contribution in [0.15, 0.2) is 29.1 Å². The Morgan fingerprint density at radius 3 is 2.36 bits per heavy atom. The minimum atomic E-state index is -0.903. The first-order valence-electron chi connectivity index (χ1n) is 6.41. The minimum Gasteiger partial charge on any atom is -0.365 e. The average Bonchev–Trinajstić information content (AvgIpc) is 2.45. The van der Waals surface area contributed by atoms with Gasteiger partial charge < -0.3 is 10.7 Å². The summed E-state index contributed by atoms with van der Waals surface area (Å²) in [6, 6.07) is 5.67. The molecule has 1 aromatic heterocycles. The van der Waals surface area contributed by atoms with Crippen molar-refractivity contribution in [3.8, 4) is 0 Å². The monoisotopic (exact) mass is 338 g/mol. The Bertz CT molecular complexity index is 828. The van der Waals surface area contributed by atoms with E-state index in [0.29, 0.717) is 17.1 Å². The van der Waals surface area contributed by atoms with Gasteiger partial charge in [0, 0.05) is 21.8 Å². The van der Waals surface area contributed by atoms with Crippen LogP contribution in [0.3, 0.4) is 0 Å². The van der Waals surface area contributed by atoms with Gasteiger partial charge in [-0.2, -0.15) is 0 Å². The third-order valence-corrected chi connectivity index (χ3v) is 3.71. The summed E-state index contributed by atoms with van der Waals surface area (Å²) in [5, 5.41) is 0.586. The number of benzene rings is 1. The Balaban J connectivity index is 2.64. The van der Waals surface area contributed by atoms with Crippen LogP contribution in [0.4, 0.5) is 0 Å². The van der Waals surface area contributed by atoms with Gasteiger partial charge in [0.1, 0.15) is 5.56 Å². The summed E-state index contributed by atoms with van der Waals surface area (Å²) in [6.45, 7) is 1.77. The lowest BCUT2D eigenvalue weighted by atomic mass is 9.99. The number of nitrogens with two attached hydrogens (primary N) is 1. The van der Waals surface area contributed by atoms with E-state index in [1.165, 1.54) is 24.3 Å². The standard InChI is InChI=1S/C15H12Cl2N2O3/c1-2-12-9(6-10(14(18)21)15(22)19-12)13(20)8-4-3-7(16)5-11(8)17/h3-6H,2H2,1H3,(H2,18,21)(H,19,22). The first kappa shape index (κ1) is 16.3. The Hall–Kier alpha value is -2.11. The molecule has 3 N–H and O–H groups in total. The van der Waals surface area contributed by atoms with Crippen molar-refractivity contribution in [2.75, 3.05) is 0 Å². The second kappa shape index (κ2) is 6.34. The van der Waals surface area contributed by atoms with E-state index >= 15 is 0 Å². The lowest BCUT2D eigenvalue weighted by molar-refractivity contribution is 0.0999. The number of amides is 1. The van der Waals surface area contributed by atoms with Gasteiger partial charge >= 0.3 is 0 Å². The smallest absolute Gasteiger partial charge is 0.261 e.